The molecule has 0 unspecified atom stereocenters. The Hall–Kier alpha value is -1.57. The second kappa shape index (κ2) is 8.33. The smallest absolute Gasteiger partial charge is 0.257 e. The van der Waals surface area contributed by atoms with Crippen molar-refractivity contribution in [3.63, 3.8) is 0 Å². The van der Waals surface area contributed by atoms with E-state index in [1.807, 2.05) is 11.8 Å². The fraction of sp³-hybridized carbons (Fsp3) is 0.562. The first-order valence-electron chi connectivity index (χ1n) is 7.74. The van der Waals surface area contributed by atoms with Crippen LogP contribution in [-0.4, -0.2) is 72.9 Å². The maximum Gasteiger partial charge on any atom is 0.257 e. The summed E-state index contributed by atoms with van der Waals surface area (Å²) in [7, 11) is 0. The van der Waals surface area contributed by atoms with Crippen molar-refractivity contribution in [2.24, 2.45) is 0 Å². The number of β-amino-alcohol motifs (C(OH)–C–C–N with tert-alkyl or cyclic N) is 1. The number of aliphatic hydroxyl groups is 1. The molecule has 128 valence electrons. The molecule has 23 heavy (non-hydrogen) atoms. The monoisotopic (exact) mass is 328 g/mol. The lowest BCUT2D eigenvalue weighted by atomic mass is 10.1. The van der Waals surface area contributed by atoms with Gasteiger partial charge in [-0.25, -0.2) is 8.78 Å². The predicted molar refractivity (Wildman–Crippen MR) is 81.2 cm³/mol. The standard InChI is InChI=1S/C16H22F2N2O3/c1-2-23-11-12(21)10-19-6-8-20(9-7-19)16(22)13-4-3-5-14(17)15(13)18/h3-5,12,21H,2,6-11H2,1H3/t12-/m0/s1. The largest absolute Gasteiger partial charge is 0.389 e. The zero-order valence-corrected chi connectivity index (χ0v) is 13.2. The van der Waals surface area contributed by atoms with E-state index < -0.39 is 23.6 Å². The SMILES string of the molecule is CCOC[C@@H](O)CN1CCN(C(=O)c2cccc(F)c2F)CC1. The Kier molecular flexibility index (Phi) is 6.44. The first-order valence-corrected chi connectivity index (χ1v) is 7.74. The third kappa shape index (κ3) is 4.70. The molecule has 0 spiro atoms. The van der Waals surface area contributed by atoms with Gasteiger partial charge < -0.3 is 14.7 Å². The van der Waals surface area contributed by atoms with Crippen molar-refractivity contribution >= 4 is 5.91 Å². The second-order valence-electron chi connectivity index (χ2n) is 5.51. The van der Waals surface area contributed by atoms with Crippen LogP contribution in [0.2, 0.25) is 0 Å². The van der Waals surface area contributed by atoms with Crippen LogP contribution in [-0.2, 0) is 4.74 Å². The van der Waals surface area contributed by atoms with E-state index in [0.29, 0.717) is 39.3 Å². The molecule has 0 bridgehead atoms. The lowest BCUT2D eigenvalue weighted by Gasteiger charge is -2.35. The van der Waals surface area contributed by atoms with E-state index in [-0.39, 0.29) is 12.2 Å². The van der Waals surface area contributed by atoms with Crippen molar-refractivity contribution < 1.29 is 23.4 Å². The van der Waals surface area contributed by atoms with Crippen molar-refractivity contribution in [3.05, 3.63) is 35.4 Å². The minimum Gasteiger partial charge on any atom is -0.389 e. The molecule has 0 radical (unpaired) electrons. The number of hydrogen-bond donors (Lipinski definition) is 1. The summed E-state index contributed by atoms with van der Waals surface area (Å²) in [5.74, 6) is -2.63. The lowest BCUT2D eigenvalue weighted by molar-refractivity contribution is 0.0110. The highest BCUT2D eigenvalue weighted by molar-refractivity contribution is 5.94. The molecule has 1 aliphatic heterocycles. The normalized spacial score (nSPS) is 17.3. The van der Waals surface area contributed by atoms with Gasteiger partial charge in [-0.2, -0.15) is 0 Å². The van der Waals surface area contributed by atoms with Gasteiger partial charge in [-0.15, -0.1) is 0 Å². The number of carbonyl (C=O) groups excluding carboxylic acids is 1. The Bertz CT molecular complexity index is 534. The Labute approximate surface area is 134 Å². The third-order valence-corrected chi connectivity index (χ3v) is 3.82. The van der Waals surface area contributed by atoms with Crippen LogP contribution in [0.1, 0.15) is 17.3 Å². The van der Waals surface area contributed by atoms with E-state index in [1.165, 1.54) is 17.0 Å². The van der Waals surface area contributed by atoms with Gasteiger partial charge in [0.2, 0.25) is 0 Å². The van der Waals surface area contributed by atoms with Gasteiger partial charge in [0.05, 0.1) is 18.3 Å². The maximum atomic E-state index is 13.7. The number of hydrogen-bond acceptors (Lipinski definition) is 4. The Morgan fingerprint density at radius 1 is 1.30 bits per heavy atom. The molecule has 0 aliphatic carbocycles. The van der Waals surface area contributed by atoms with Crippen molar-refractivity contribution in [3.8, 4) is 0 Å². The Balaban J connectivity index is 1.86. The van der Waals surface area contributed by atoms with E-state index >= 15 is 0 Å². The van der Waals surface area contributed by atoms with Crippen LogP contribution >= 0.6 is 0 Å². The minimum absolute atomic E-state index is 0.241. The zero-order valence-electron chi connectivity index (χ0n) is 13.2. The summed E-state index contributed by atoms with van der Waals surface area (Å²) in [5.41, 5.74) is -0.241. The maximum absolute atomic E-state index is 13.7. The Morgan fingerprint density at radius 3 is 2.65 bits per heavy atom. The highest BCUT2D eigenvalue weighted by Crippen LogP contribution is 2.15. The van der Waals surface area contributed by atoms with Gasteiger partial charge in [0.25, 0.3) is 5.91 Å². The summed E-state index contributed by atoms with van der Waals surface area (Å²) >= 11 is 0. The van der Waals surface area contributed by atoms with E-state index in [2.05, 4.69) is 0 Å². The van der Waals surface area contributed by atoms with Crippen LogP contribution in [0, 0.1) is 11.6 Å². The number of piperazine rings is 1. The summed E-state index contributed by atoms with van der Waals surface area (Å²) < 4.78 is 32.1. The molecule has 1 saturated heterocycles. The fourth-order valence-electron chi connectivity index (χ4n) is 2.58. The van der Waals surface area contributed by atoms with E-state index in [1.54, 1.807) is 0 Å². The first kappa shape index (κ1) is 17.8. The molecule has 1 N–H and O–H groups in total. The summed E-state index contributed by atoms with van der Waals surface area (Å²) in [6, 6.07) is 3.61. The summed E-state index contributed by atoms with van der Waals surface area (Å²) in [5, 5.41) is 9.81. The van der Waals surface area contributed by atoms with E-state index in [9.17, 15) is 18.7 Å². The molecule has 1 fully saturated rings. The zero-order chi connectivity index (χ0) is 16.8. The van der Waals surface area contributed by atoms with Gasteiger partial charge in [-0.1, -0.05) is 6.07 Å². The molecule has 1 atom stereocenters. The predicted octanol–water partition coefficient (Wildman–Crippen LogP) is 1.12. The Morgan fingerprint density at radius 2 is 2.00 bits per heavy atom. The molecule has 1 heterocycles. The molecule has 0 aromatic heterocycles. The molecular weight excluding hydrogens is 306 g/mol. The topological polar surface area (TPSA) is 53.0 Å². The number of nitrogens with zero attached hydrogens (tertiary/aromatic N) is 2. The highest BCUT2D eigenvalue weighted by atomic mass is 19.2. The molecule has 0 saturated carbocycles. The molecular formula is C16H22F2N2O3. The summed E-state index contributed by atoms with van der Waals surface area (Å²) in [6.07, 6.45) is -0.571. The molecule has 7 heteroatoms. The van der Waals surface area contributed by atoms with Crippen molar-refractivity contribution in [2.75, 3.05) is 45.9 Å². The number of benzene rings is 1. The first-order chi connectivity index (χ1) is 11.0. The summed E-state index contributed by atoms with van der Waals surface area (Å²) in [4.78, 5) is 15.8. The number of halogens is 2. The van der Waals surface area contributed by atoms with Gasteiger partial charge in [-0.3, -0.25) is 9.69 Å². The number of amides is 1. The number of ether oxygens (including phenoxy) is 1. The van der Waals surface area contributed by atoms with Crippen LogP contribution < -0.4 is 0 Å². The van der Waals surface area contributed by atoms with Gasteiger partial charge in [0.1, 0.15) is 0 Å². The number of carbonyl (C=O) groups is 1. The van der Waals surface area contributed by atoms with Gasteiger partial charge in [-0.05, 0) is 19.1 Å². The van der Waals surface area contributed by atoms with Crippen LogP contribution in [0.5, 0.6) is 0 Å². The van der Waals surface area contributed by atoms with Crippen LogP contribution in [0.3, 0.4) is 0 Å². The van der Waals surface area contributed by atoms with Gasteiger partial charge >= 0.3 is 0 Å². The molecule has 2 rings (SSSR count). The average molecular weight is 328 g/mol. The van der Waals surface area contributed by atoms with Crippen LogP contribution in [0.15, 0.2) is 18.2 Å². The molecule has 1 amide bonds. The van der Waals surface area contributed by atoms with Crippen molar-refractivity contribution in [2.45, 2.75) is 13.0 Å². The lowest BCUT2D eigenvalue weighted by Crippen LogP contribution is -2.51. The minimum atomic E-state index is -1.10. The second-order valence-corrected chi connectivity index (χ2v) is 5.51. The molecule has 1 aliphatic rings. The summed E-state index contributed by atoms with van der Waals surface area (Å²) in [6.45, 7) is 5.14. The number of aliphatic hydroxyl groups excluding tert-OH is 1. The van der Waals surface area contributed by atoms with Crippen molar-refractivity contribution in [1.82, 2.24) is 9.80 Å². The van der Waals surface area contributed by atoms with Gasteiger partial charge in [0.15, 0.2) is 11.6 Å². The van der Waals surface area contributed by atoms with E-state index in [0.717, 1.165) is 6.07 Å². The fourth-order valence-corrected chi connectivity index (χ4v) is 2.58. The third-order valence-electron chi connectivity index (χ3n) is 3.82. The van der Waals surface area contributed by atoms with Crippen molar-refractivity contribution in [1.29, 1.82) is 0 Å². The van der Waals surface area contributed by atoms with Crippen LogP contribution in [0.25, 0.3) is 0 Å². The number of rotatable bonds is 6. The molecule has 5 nitrogen and oxygen atoms in total. The van der Waals surface area contributed by atoms with Crippen LogP contribution in [0.4, 0.5) is 8.78 Å². The molecule has 1 aromatic carbocycles. The van der Waals surface area contributed by atoms with Gasteiger partial charge in [0, 0.05) is 39.3 Å². The average Bonchev–Trinajstić information content (AvgIpc) is 2.55. The quantitative estimate of drug-likeness (QED) is 0.850. The molecule has 1 aromatic rings. The highest BCUT2D eigenvalue weighted by Gasteiger charge is 2.25. The van der Waals surface area contributed by atoms with E-state index in [4.69, 9.17) is 4.74 Å².